The average Bonchev–Trinajstić information content (AvgIpc) is 2.87. The number of fused-ring (bicyclic) bond motifs is 1. The van der Waals surface area contributed by atoms with Crippen LogP contribution in [0.3, 0.4) is 0 Å². The van der Waals surface area contributed by atoms with Crippen molar-refractivity contribution >= 4 is 11.6 Å². The van der Waals surface area contributed by atoms with Crippen LogP contribution in [-0.2, 0) is 4.79 Å². The molecule has 4 heteroatoms. The molecule has 0 spiro atoms. The van der Waals surface area contributed by atoms with Crippen LogP contribution in [0.1, 0.15) is 19.3 Å². The topological polar surface area (TPSA) is 47.6 Å². The Balaban J connectivity index is 1.68. The maximum absolute atomic E-state index is 12.1. The smallest absolute Gasteiger partial charge is 0.231 e. The molecule has 0 bridgehead atoms. The summed E-state index contributed by atoms with van der Waals surface area (Å²) >= 11 is 0. The van der Waals surface area contributed by atoms with Crippen LogP contribution in [-0.4, -0.2) is 12.7 Å². The number of allylic oxidation sites excluding steroid dienone is 2. The lowest BCUT2D eigenvalue weighted by Gasteiger charge is -2.17. The highest BCUT2D eigenvalue weighted by molar-refractivity contribution is 5.93. The Bertz CT molecular complexity index is 496. The molecule has 2 aliphatic rings. The van der Waals surface area contributed by atoms with Crippen molar-refractivity contribution in [1.29, 1.82) is 0 Å². The standard InChI is InChI=1S/C14H15NO3/c16-14(10-4-2-1-3-5-10)15-11-6-7-12-13(8-11)18-9-17-12/h1-2,6-8,10H,3-5,9H2,(H,15,16)/t10-/m0/s1. The Morgan fingerprint density at radius 2 is 2.11 bits per heavy atom. The second-order valence-corrected chi connectivity index (χ2v) is 4.54. The quantitative estimate of drug-likeness (QED) is 0.815. The number of carbonyl (C=O) groups is 1. The van der Waals surface area contributed by atoms with Crippen LogP contribution in [0.2, 0.25) is 0 Å². The molecule has 1 atom stereocenters. The molecule has 1 aliphatic heterocycles. The highest BCUT2D eigenvalue weighted by atomic mass is 16.7. The number of anilines is 1. The van der Waals surface area contributed by atoms with Crippen LogP contribution in [0, 0.1) is 5.92 Å². The van der Waals surface area contributed by atoms with Crippen LogP contribution in [0.15, 0.2) is 30.4 Å². The zero-order valence-electron chi connectivity index (χ0n) is 10.0. The van der Waals surface area contributed by atoms with Gasteiger partial charge in [-0.1, -0.05) is 12.2 Å². The van der Waals surface area contributed by atoms with Crippen molar-refractivity contribution in [2.24, 2.45) is 5.92 Å². The van der Waals surface area contributed by atoms with E-state index >= 15 is 0 Å². The van der Waals surface area contributed by atoms with Crippen molar-refractivity contribution in [3.8, 4) is 11.5 Å². The minimum absolute atomic E-state index is 0.0817. The number of rotatable bonds is 2. The number of hydrogen-bond acceptors (Lipinski definition) is 3. The molecule has 1 N–H and O–H groups in total. The van der Waals surface area contributed by atoms with Crippen molar-refractivity contribution in [1.82, 2.24) is 0 Å². The van der Waals surface area contributed by atoms with Gasteiger partial charge in [-0.05, 0) is 31.4 Å². The molecule has 1 aliphatic carbocycles. The fraction of sp³-hybridized carbons (Fsp3) is 0.357. The molecule has 1 aromatic rings. The SMILES string of the molecule is O=C(Nc1ccc2c(c1)OCO2)[C@H]1CC=CCC1. The number of hydrogen-bond donors (Lipinski definition) is 1. The van der Waals surface area contributed by atoms with Gasteiger partial charge in [0.2, 0.25) is 12.7 Å². The van der Waals surface area contributed by atoms with E-state index in [0.717, 1.165) is 30.7 Å². The Labute approximate surface area is 106 Å². The highest BCUT2D eigenvalue weighted by Gasteiger charge is 2.20. The van der Waals surface area contributed by atoms with Gasteiger partial charge in [-0.15, -0.1) is 0 Å². The van der Waals surface area contributed by atoms with E-state index in [1.165, 1.54) is 0 Å². The largest absolute Gasteiger partial charge is 0.454 e. The van der Waals surface area contributed by atoms with Crippen molar-refractivity contribution in [2.75, 3.05) is 12.1 Å². The maximum Gasteiger partial charge on any atom is 0.231 e. The molecular weight excluding hydrogens is 230 g/mol. The first-order chi connectivity index (χ1) is 8.83. The summed E-state index contributed by atoms with van der Waals surface area (Å²) in [6.07, 6.45) is 6.94. The van der Waals surface area contributed by atoms with Gasteiger partial charge in [0.1, 0.15) is 0 Å². The average molecular weight is 245 g/mol. The zero-order chi connectivity index (χ0) is 12.4. The summed E-state index contributed by atoms with van der Waals surface area (Å²) < 4.78 is 10.5. The summed E-state index contributed by atoms with van der Waals surface area (Å²) in [6, 6.07) is 5.46. The fourth-order valence-corrected chi connectivity index (χ4v) is 2.25. The third-order valence-electron chi connectivity index (χ3n) is 3.28. The second kappa shape index (κ2) is 4.72. The summed E-state index contributed by atoms with van der Waals surface area (Å²) in [5.74, 6) is 1.59. The summed E-state index contributed by atoms with van der Waals surface area (Å²) in [4.78, 5) is 12.1. The molecule has 1 amide bonds. The normalized spacial score (nSPS) is 20.8. The van der Waals surface area contributed by atoms with Crippen molar-refractivity contribution in [3.05, 3.63) is 30.4 Å². The molecule has 0 radical (unpaired) electrons. The molecule has 3 rings (SSSR count). The van der Waals surface area contributed by atoms with E-state index in [-0.39, 0.29) is 18.6 Å². The van der Waals surface area contributed by atoms with Gasteiger partial charge < -0.3 is 14.8 Å². The second-order valence-electron chi connectivity index (χ2n) is 4.54. The van der Waals surface area contributed by atoms with Crippen LogP contribution < -0.4 is 14.8 Å². The predicted octanol–water partition coefficient (Wildman–Crippen LogP) is 2.71. The van der Waals surface area contributed by atoms with E-state index in [1.54, 1.807) is 6.07 Å². The van der Waals surface area contributed by atoms with Crippen LogP contribution in [0.25, 0.3) is 0 Å². The first-order valence-electron chi connectivity index (χ1n) is 6.18. The minimum Gasteiger partial charge on any atom is -0.454 e. The van der Waals surface area contributed by atoms with Crippen molar-refractivity contribution < 1.29 is 14.3 Å². The zero-order valence-corrected chi connectivity index (χ0v) is 10.0. The molecule has 94 valence electrons. The lowest BCUT2D eigenvalue weighted by Crippen LogP contribution is -2.23. The molecule has 0 saturated carbocycles. The van der Waals surface area contributed by atoms with Crippen molar-refractivity contribution in [3.63, 3.8) is 0 Å². The van der Waals surface area contributed by atoms with E-state index < -0.39 is 0 Å². The molecule has 0 aromatic heterocycles. The highest BCUT2D eigenvalue weighted by Crippen LogP contribution is 2.34. The first kappa shape index (κ1) is 11.1. The number of amides is 1. The molecule has 18 heavy (non-hydrogen) atoms. The van der Waals surface area contributed by atoms with E-state index in [1.807, 2.05) is 12.1 Å². The van der Waals surface area contributed by atoms with Gasteiger partial charge in [-0.3, -0.25) is 4.79 Å². The Kier molecular flexibility index (Phi) is 2.92. The van der Waals surface area contributed by atoms with Gasteiger partial charge in [0.05, 0.1) is 0 Å². The number of ether oxygens (including phenoxy) is 2. The summed E-state index contributed by atoms with van der Waals surface area (Å²) in [5, 5.41) is 2.93. The van der Waals surface area contributed by atoms with Crippen molar-refractivity contribution in [2.45, 2.75) is 19.3 Å². The Hall–Kier alpha value is -1.97. The van der Waals surface area contributed by atoms with E-state index in [0.29, 0.717) is 5.75 Å². The molecule has 1 aromatic carbocycles. The third kappa shape index (κ3) is 2.18. The lowest BCUT2D eigenvalue weighted by molar-refractivity contribution is -0.120. The van der Waals surface area contributed by atoms with Gasteiger partial charge >= 0.3 is 0 Å². The van der Waals surface area contributed by atoms with Gasteiger partial charge in [0.25, 0.3) is 0 Å². The van der Waals surface area contributed by atoms with E-state index in [2.05, 4.69) is 17.5 Å². The molecule has 0 fully saturated rings. The number of benzene rings is 1. The predicted molar refractivity (Wildman–Crippen MR) is 67.7 cm³/mol. The summed E-state index contributed by atoms with van der Waals surface area (Å²) in [5.41, 5.74) is 0.763. The fourth-order valence-electron chi connectivity index (χ4n) is 2.25. The molecule has 4 nitrogen and oxygen atoms in total. The van der Waals surface area contributed by atoms with Gasteiger partial charge in [0, 0.05) is 17.7 Å². The van der Waals surface area contributed by atoms with E-state index in [9.17, 15) is 4.79 Å². The summed E-state index contributed by atoms with van der Waals surface area (Å²) in [6.45, 7) is 0.250. The van der Waals surface area contributed by atoms with Crippen LogP contribution in [0.5, 0.6) is 11.5 Å². The minimum atomic E-state index is 0.0817. The molecular formula is C14H15NO3. The molecule has 0 unspecified atom stereocenters. The maximum atomic E-state index is 12.1. The van der Waals surface area contributed by atoms with Gasteiger partial charge in [-0.2, -0.15) is 0 Å². The number of nitrogens with one attached hydrogen (secondary N) is 1. The monoisotopic (exact) mass is 245 g/mol. The summed E-state index contributed by atoms with van der Waals surface area (Å²) in [7, 11) is 0. The van der Waals surface area contributed by atoms with E-state index in [4.69, 9.17) is 9.47 Å². The Morgan fingerprint density at radius 1 is 1.22 bits per heavy atom. The first-order valence-corrected chi connectivity index (χ1v) is 6.18. The molecule has 1 heterocycles. The van der Waals surface area contributed by atoms with Crippen LogP contribution in [0.4, 0.5) is 5.69 Å². The molecule has 0 saturated heterocycles. The van der Waals surface area contributed by atoms with Gasteiger partial charge in [-0.25, -0.2) is 0 Å². The van der Waals surface area contributed by atoms with Gasteiger partial charge in [0.15, 0.2) is 11.5 Å². The lowest BCUT2D eigenvalue weighted by atomic mass is 9.93. The third-order valence-corrected chi connectivity index (χ3v) is 3.28. The van der Waals surface area contributed by atoms with Crippen LogP contribution >= 0.6 is 0 Å². The number of carbonyl (C=O) groups excluding carboxylic acids is 1. The Morgan fingerprint density at radius 3 is 2.94 bits per heavy atom.